The highest BCUT2D eigenvalue weighted by molar-refractivity contribution is 7.98. The number of aromatic nitrogens is 3. The molecule has 0 spiro atoms. The van der Waals surface area contributed by atoms with Crippen LogP contribution in [-0.2, 0) is 17.0 Å². The zero-order valence-electron chi connectivity index (χ0n) is 16.1. The number of hydrogen-bond donors (Lipinski definition) is 0. The highest BCUT2D eigenvalue weighted by Crippen LogP contribution is 2.29. The summed E-state index contributed by atoms with van der Waals surface area (Å²) < 4.78 is 25.4. The summed E-state index contributed by atoms with van der Waals surface area (Å²) in [5.74, 6) is 0.447. The number of thioether (sulfide) groups is 1. The second-order valence-electron chi connectivity index (χ2n) is 6.44. The van der Waals surface area contributed by atoms with Gasteiger partial charge in [0.15, 0.2) is 11.0 Å². The van der Waals surface area contributed by atoms with Crippen molar-refractivity contribution in [3.05, 3.63) is 89.6 Å². The number of carbonyl (C=O) groups excluding carboxylic acids is 1. The Morgan fingerprint density at radius 3 is 2.60 bits per heavy atom. The number of esters is 1. The molecule has 2 heterocycles. The van der Waals surface area contributed by atoms with E-state index >= 15 is 0 Å². The fourth-order valence-corrected chi connectivity index (χ4v) is 3.90. The Kier molecular flexibility index (Phi) is 5.94. The highest BCUT2D eigenvalue weighted by atomic mass is 32.2. The maximum absolute atomic E-state index is 13.4. The monoisotopic (exact) mass is 423 g/mol. The Morgan fingerprint density at radius 2 is 1.87 bits per heavy atom. The summed E-state index contributed by atoms with van der Waals surface area (Å²) >= 11 is 1.43. The van der Waals surface area contributed by atoms with Gasteiger partial charge >= 0.3 is 5.97 Å². The second-order valence-corrected chi connectivity index (χ2v) is 7.38. The first-order valence-electron chi connectivity index (χ1n) is 9.16. The van der Waals surface area contributed by atoms with Gasteiger partial charge in [0, 0.05) is 16.9 Å². The lowest BCUT2D eigenvalue weighted by Gasteiger charge is -2.10. The third-order valence-electron chi connectivity index (χ3n) is 4.48. The van der Waals surface area contributed by atoms with Crippen LogP contribution in [0, 0.1) is 5.82 Å². The molecule has 4 aromatic rings. The van der Waals surface area contributed by atoms with E-state index in [1.165, 1.54) is 37.3 Å². The number of ether oxygens (including phenoxy) is 1. The predicted octanol–water partition coefficient (Wildman–Crippen LogP) is 4.80. The molecule has 4 rings (SSSR count). The van der Waals surface area contributed by atoms with Crippen molar-refractivity contribution in [1.29, 1.82) is 0 Å². The minimum atomic E-state index is -0.520. The molecule has 0 aliphatic carbocycles. The number of hydrogen-bond acceptors (Lipinski definition) is 6. The van der Waals surface area contributed by atoms with Gasteiger partial charge in [-0.25, -0.2) is 9.18 Å². The van der Waals surface area contributed by atoms with Crippen molar-refractivity contribution in [3.63, 3.8) is 0 Å². The van der Waals surface area contributed by atoms with Crippen LogP contribution in [0.4, 0.5) is 4.39 Å². The summed E-state index contributed by atoms with van der Waals surface area (Å²) in [7, 11) is 1.31. The lowest BCUT2D eigenvalue weighted by Crippen LogP contribution is -2.05. The topological polar surface area (TPSA) is 70.2 Å². The molecule has 0 fully saturated rings. The lowest BCUT2D eigenvalue weighted by molar-refractivity contribution is 0.0564. The summed E-state index contributed by atoms with van der Waals surface area (Å²) in [6, 6.07) is 17.8. The molecule has 6 nitrogen and oxygen atoms in total. The first-order valence-corrected chi connectivity index (χ1v) is 10.1. The van der Waals surface area contributed by atoms with E-state index in [4.69, 9.17) is 9.15 Å². The van der Waals surface area contributed by atoms with Crippen molar-refractivity contribution in [2.45, 2.75) is 17.5 Å². The van der Waals surface area contributed by atoms with Gasteiger partial charge in [0.05, 0.1) is 19.9 Å². The Bertz CT molecular complexity index is 1140. The van der Waals surface area contributed by atoms with Gasteiger partial charge in [-0.1, -0.05) is 42.1 Å². The minimum absolute atomic E-state index is 0.179. The molecule has 0 unspecified atom stereocenters. The van der Waals surface area contributed by atoms with Crippen molar-refractivity contribution >= 4 is 17.7 Å². The van der Waals surface area contributed by atoms with Crippen LogP contribution in [0.25, 0.3) is 11.4 Å². The number of methoxy groups -OCH3 is 1. The van der Waals surface area contributed by atoms with E-state index in [0.717, 1.165) is 11.1 Å². The van der Waals surface area contributed by atoms with Crippen LogP contribution in [0.1, 0.15) is 21.7 Å². The number of rotatable bonds is 7. The van der Waals surface area contributed by atoms with Gasteiger partial charge in [-0.15, -0.1) is 10.2 Å². The lowest BCUT2D eigenvalue weighted by atomic mass is 10.2. The average molecular weight is 423 g/mol. The largest absolute Gasteiger partial charge is 0.463 e. The molecule has 2 aromatic carbocycles. The Balaban J connectivity index is 1.65. The van der Waals surface area contributed by atoms with Gasteiger partial charge in [-0.3, -0.25) is 4.57 Å². The number of halogens is 1. The maximum Gasteiger partial charge on any atom is 0.374 e. The van der Waals surface area contributed by atoms with Crippen LogP contribution in [0.5, 0.6) is 0 Å². The molecule has 152 valence electrons. The average Bonchev–Trinajstić information content (AvgIpc) is 3.40. The molecule has 0 saturated heterocycles. The first-order chi connectivity index (χ1) is 14.7. The molecule has 0 bridgehead atoms. The van der Waals surface area contributed by atoms with Crippen LogP contribution in [0.2, 0.25) is 0 Å². The fraction of sp³-hybridized carbons (Fsp3) is 0.136. The van der Waals surface area contributed by atoms with E-state index in [1.54, 1.807) is 18.2 Å². The van der Waals surface area contributed by atoms with E-state index in [-0.39, 0.29) is 11.6 Å². The molecule has 0 aliphatic rings. The van der Waals surface area contributed by atoms with Gasteiger partial charge in [-0.2, -0.15) is 0 Å². The molecule has 0 N–H and O–H groups in total. The van der Waals surface area contributed by atoms with E-state index in [1.807, 2.05) is 34.9 Å². The summed E-state index contributed by atoms with van der Waals surface area (Å²) in [6.07, 6.45) is 1.46. The van der Waals surface area contributed by atoms with E-state index in [0.29, 0.717) is 28.8 Å². The van der Waals surface area contributed by atoms with E-state index < -0.39 is 5.97 Å². The number of nitrogens with zero attached hydrogens (tertiary/aromatic N) is 3. The van der Waals surface area contributed by atoms with Gasteiger partial charge in [0.25, 0.3) is 0 Å². The zero-order chi connectivity index (χ0) is 20.9. The number of furan rings is 1. The Labute approximate surface area is 176 Å². The van der Waals surface area contributed by atoms with Crippen molar-refractivity contribution < 1.29 is 18.3 Å². The second kappa shape index (κ2) is 8.96. The molecular weight excluding hydrogens is 405 g/mol. The van der Waals surface area contributed by atoms with Gasteiger partial charge in [0.2, 0.25) is 5.76 Å². The third kappa shape index (κ3) is 4.28. The molecule has 2 aromatic heterocycles. The van der Waals surface area contributed by atoms with Crippen molar-refractivity contribution in [2.24, 2.45) is 0 Å². The van der Waals surface area contributed by atoms with Crippen LogP contribution in [0.15, 0.2) is 76.5 Å². The Morgan fingerprint density at radius 1 is 1.10 bits per heavy atom. The maximum atomic E-state index is 13.4. The summed E-state index contributed by atoms with van der Waals surface area (Å²) in [5.41, 5.74) is 2.57. The quantitative estimate of drug-likeness (QED) is 0.314. The summed E-state index contributed by atoms with van der Waals surface area (Å²) in [4.78, 5) is 11.8. The first kappa shape index (κ1) is 19.9. The zero-order valence-corrected chi connectivity index (χ0v) is 16.9. The summed E-state index contributed by atoms with van der Waals surface area (Å²) in [6.45, 7) is 0.554. The van der Waals surface area contributed by atoms with Crippen LogP contribution < -0.4 is 0 Å². The molecular formula is C22H18FN3O3S. The molecule has 0 radical (unpaired) electrons. The minimum Gasteiger partial charge on any atom is -0.463 e. The van der Waals surface area contributed by atoms with Gasteiger partial charge < -0.3 is 9.15 Å². The normalized spacial score (nSPS) is 10.9. The molecule has 8 heteroatoms. The van der Waals surface area contributed by atoms with E-state index in [2.05, 4.69) is 10.2 Å². The number of carbonyl (C=O) groups is 1. The molecule has 0 amide bonds. The van der Waals surface area contributed by atoms with Crippen molar-refractivity contribution in [1.82, 2.24) is 14.8 Å². The van der Waals surface area contributed by atoms with Gasteiger partial charge in [0.1, 0.15) is 5.82 Å². The number of benzene rings is 2. The van der Waals surface area contributed by atoms with Crippen LogP contribution >= 0.6 is 11.8 Å². The van der Waals surface area contributed by atoms with Gasteiger partial charge in [-0.05, 0) is 35.9 Å². The summed E-state index contributed by atoms with van der Waals surface area (Å²) in [5, 5.41) is 9.36. The fourth-order valence-electron chi connectivity index (χ4n) is 2.98. The van der Waals surface area contributed by atoms with Crippen LogP contribution in [-0.4, -0.2) is 27.8 Å². The standard InChI is InChI=1S/C22H18FN3O3S/c1-28-21(27)19-17(11-12-29-19)14-30-22-25-24-20(16-7-9-18(23)10-8-16)26(22)13-15-5-3-2-4-6-15/h2-12H,13-14H2,1H3. The predicted molar refractivity (Wildman–Crippen MR) is 111 cm³/mol. The van der Waals surface area contributed by atoms with Crippen molar-refractivity contribution in [3.8, 4) is 11.4 Å². The Hall–Kier alpha value is -3.39. The van der Waals surface area contributed by atoms with Crippen molar-refractivity contribution in [2.75, 3.05) is 7.11 Å². The molecule has 0 aliphatic heterocycles. The third-order valence-corrected chi connectivity index (χ3v) is 5.49. The highest BCUT2D eigenvalue weighted by Gasteiger charge is 2.19. The van der Waals surface area contributed by atoms with Crippen LogP contribution in [0.3, 0.4) is 0 Å². The van der Waals surface area contributed by atoms with E-state index in [9.17, 15) is 9.18 Å². The molecule has 30 heavy (non-hydrogen) atoms. The smallest absolute Gasteiger partial charge is 0.374 e. The molecule has 0 atom stereocenters. The SMILES string of the molecule is COC(=O)c1occc1CSc1nnc(-c2ccc(F)cc2)n1Cc1ccccc1. The molecule has 0 saturated carbocycles.